The number of thiophene rings is 1. The van der Waals surface area contributed by atoms with Gasteiger partial charge in [-0.25, -0.2) is 4.79 Å². The standard InChI is InChI=1S/C14H18N4OS/c19-14(17-13-6-3-9-20-13)15-7-8-18-12-5-2-1-4-11(12)10-16-18/h3,6,9-10H,1-2,4-5,7-8H2,(H2,15,17,19). The lowest BCUT2D eigenvalue weighted by molar-refractivity contribution is 0.251. The van der Waals surface area contributed by atoms with Crippen LogP contribution >= 0.6 is 11.3 Å². The molecule has 0 unspecified atom stereocenters. The molecule has 20 heavy (non-hydrogen) atoms. The minimum atomic E-state index is -0.159. The van der Waals surface area contributed by atoms with Crippen molar-refractivity contribution in [3.8, 4) is 0 Å². The van der Waals surface area contributed by atoms with Gasteiger partial charge >= 0.3 is 6.03 Å². The molecular weight excluding hydrogens is 272 g/mol. The molecule has 2 aromatic rings. The zero-order chi connectivity index (χ0) is 13.8. The van der Waals surface area contributed by atoms with E-state index in [1.54, 1.807) is 0 Å². The molecular formula is C14H18N4OS. The number of rotatable bonds is 4. The average molecular weight is 290 g/mol. The van der Waals surface area contributed by atoms with E-state index in [1.165, 1.54) is 35.4 Å². The minimum absolute atomic E-state index is 0.159. The topological polar surface area (TPSA) is 59.0 Å². The lowest BCUT2D eigenvalue weighted by atomic mass is 9.98. The summed E-state index contributed by atoms with van der Waals surface area (Å²) in [6.45, 7) is 1.32. The van der Waals surface area contributed by atoms with Crippen molar-refractivity contribution in [2.24, 2.45) is 0 Å². The lowest BCUT2D eigenvalue weighted by Gasteiger charge is -2.14. The van der Waals surface area contributed by atoms with Crippen LogP contribution in [0.3, 0.4) is 0 Å². The Balaban J connectivity index is 1.48. The number of amides is 2. The summed E-state index contributed by atoms with van der Waals surface area (Å²) in [4.78, 5) is 11.7. The molecule has 2 N–H and O–H groups in total. The maximum atomic E-state index is 11.7. The summed E-state index contributed by atoms with van der Waals surface area (Å²) in [5.74, 6) is 0. The fourth-order valence-electron chi connectivity index (χ4n) is 2.53. The monoisotopic (exact) mass is 290 g/mol. The minimum Gasteiger partial charge on any atom is -0.336 e. The van der Waals surface area contributed by atoms with Crippen molar-refractivity contribution in [2.45, 2.75) is 32.2 Å². The van der Waals surface area contributed by atoms with Crippen LogP contribution in [0.2, 0.25) is 0 Å². The summed E-state index contributed by atoms with van der Waals surface area (Å²) in [5.41, 5.74) is 2.72. The average Bonchev–Trinajstić information content (AvgIpc) is 3.09. The smallest absolute Gasteiger partial charge is 0.319 e. The Bertz CT molecular complexity index is 576. The number of anilines is 1. The van der Waals surface area contributed by atoms with Crippen molar-refractivity contribution < 1.29 is 4.79 Å². The van der Waals surface area contributed by atoms with Crippen LogP contribution in [0.5, 0.6) is 0 Å². The second kappa shape index (κ2) is 6.09. The zero-order valence-electron chi connectivity index (χ0n) is 11.3. The molecule has 1 aliphatic carbocycles. The largest absolute Gasteiger partial charge is 0.336 e. The normalized spacial score (nSPS) is 13.8. The number of nitrogens with zero attached hydrogens (tertiary/aromatic N) is 2. The molecule has 0 bridgehead atoms. The Hall–Kier alpha value is -1.82. The molecule has 0 radical (unpaired) electrons. The number of urea groups is 1. The summed E-state index contributed by atoms with van der Waals surface area (Å²) < 4.78 is 2.03. The van der Waals surface area contributed by atoms with Crippen molar-refractivity contribution in [2.75, 3.05) is 11.9 Å². The van der Waals surface area contributed by atoms with Gasteiger partial charge in [0.1, 0.15) is 0 Å². The highest BCUT2D eigenvalue weighted by molar-refractivity contribution is 7.14. The zero-order valence-corrected chi connectivity index (χ0v) is 12.1. The molecule has 0 aliphatic heterocycles. The van der Waals surface area contributed by atoms with Crippen molar-refractivity contribution in [3.63, 3.8) is 0 Å². The highest BCUT2D eigenvalue weighted by atomic mass is 32.1. The summed E-state index contributed by atoms with van der Waals surface area (Å²) in [6.07, 6.45) is 6.73. The second-order valence-corrected chi connectivity index (χ2v) is 5.85. The van der Waals surface area contributed by atoms with Crippen molar-refractivity contribution in [1.29, 1.82) is 0 Å². The molecule has 1 aliphatic rings. The number of hydrogen-bond acceptors (Lipinski definition) is 3. The Morgan fingerprint density at radius 1 is 1.40 bits per heavy atom. The third kappa shape index (κ3) is 3.01. The van der Waals surface area contributed by atoms with Gasteiger partial charge in [0.15, 0.2) is 0 Å². The van der Waals surface area contributed by atoms with Crippen LogP contribution < -0.4 is 10.6 Å². The van der Waals surface area contributed by atoms with E-state index >= 15 is 0 Å². The van der Waals surface area contributed by atoms with Gasteiger partial charge in [0.25, 0.3) is 0 Å². The Morgan fingerprint density at radius 3 is 3.15 bits per heavy atom. The number of carbonyl (C=O) groups is 1. The molecule has 0 atom stereocenters. The summed E-state index contributed by atoms with van der Waals surface area (Å²) >= 11 is 1.51. The van der Waals surface area contributed by atoms with E-state index in [-0.39, 0.29) is 6.03 Å². The van der Waals surface area contributed by atoms with E-state index in [9.17, 15) is 4.79 Å². The van der Waals surface area contributed by atoms with Gasteiger partial charge in [-0.15, -0.1) is 11.3 Å². The first-order chi connectivity index (χ1) is 9.83. The lowest BCUT2D eigenvalue weighted by Crippen LogP contribution is -2.31. The maximum Gasteiger partial charge on any atom is 0.319 e. The van der Waals surface area contributed by atoms with Crippen LogP contribution in [0.15, 0.2) is 23.7 Å². The second-order valence-electron chi connectivity index (χ2n) is 4.90. The predicted octanol–water partition coefficient (Wildman–Crippen LogP) is 2.65. The fourth-order valence-corrected chi connectivity index (χ4v) is 3.14. The number of hydrogen-bond donors (Lipinski definition) is 2. The number of aromatic nitrogens is 2. The number of aryl methyl sites for hydroxylation is 1. The molecule has 5 nitrogen and oxygen atoms in total. The van der Waals surface area contributed by atoms with E-state index in [0.29, 0.717) is 6.54 Å². The van der Waals surface area contributed by atoms with Crippen LogP contribution in [0.1, 0.15) is 24.1 Å². The first-order valence-corrected chi connectivity index (χ1v) is 7.83. The number of nitrogens with one attached hydrogen (secondary N) is 2. The van der Waals surface area contributed by atoms with E-state index in [1.807, 2.05) is 28.4 Å². The first kappa shape index (κ1) is 13.2. The van der Waals surface area contributed by atoms with Gasteiger partial charge in [0.05, 0.1) is 17.7 Å². The number of fused-ring (bicyclic) bond motifs is 1. The van der Waals surface area contributed by atoms with Gasteiger partial charge in [-0.2, -0.15) is 5.10 Å². The van der Waals surface area contributed by atoms with Gasteiger partial charge in [0, 0.05) is 12.2 Å². The van der Waals surface area contributed by atoms with Crippen molar-refractivity contribution in [3.05, 3.63) is 35.0 Å². The first-order valence-electron chi connectivity index (χ1n) is 6.95. The van der Waals surface area contributed by atoms with Gasteiger partial charge < -0.3 is 5.32 Å². The van der Waals surface area contributed by atoms with E-state index in [4.69, 9.17) is 0 Å². The van der Waals surface area contributed by atoms with Gasteiger partial charge in [-0.3, -0.25) is 10.00 Å². The van der Waals surface area contributed by atoms with Crippen LogP contribution in [0.4, 0.5) is 9.80 Å². The highest BCUT2D eigenvalue weighted by Gasteiger charge is 2.14. The maximum absolute atomic E-state index is 11.7. The Morgan fingerprint density at radius 2 is 2.30 bits per heavy atom. The third-order valence-corrected chi connectivity index (χ3v) is 4.30. The predicted molar refractivity (Wildman–Crippen MR) is 80.2 cm³/mol. The highest BCUT2D eigenvalue weighted by Crippen LogP contribution is 2.20. The van der Waals surface area contributed by atoms with Crippen molar-refractivity contribution in [1.82, 2.24) is 15.1 Å². The molecule has 0 fully saturated rings. The molecule has 2 amide bonds. The van der Waals surface area contributed by atoms with Crippen LogP contribution in [0.25, 0.3) is 0 Å². The molecule has 0 saturated carbocycles. The molecule has 2 heterocycles. The number of carbonyl (C=O) groups excluding carboxylic acids is 1. The van der Waals surface area contributed by atoms with Crippen LogP contribution in [0, 0.1) is 0 Å². The van der Waals surface area contributed by atoms with Crippen molar-refractivity contribution >= 4 is 22.4 Å². The molecule has 6 heteroatoms. The molecule has 3 rings (SSSR count). The van der Waals surface area contributed by atoms with E-state index in [0.717, 1.165) is 24.4 Å². The molecule has 0 saturated heterocycles. The Labute approximate surface area is 122 Å². The Kier molecular flexibility index (Phi) is 4.01. The van der Waals surface area contributed by atoms with Crippen LogP contribution in [-0.4, -0.2) is 22.4 Å². The van der Waals surface area contributed by atoms with E-state index < -0.39 is 0 Å². The SMILES string of the molecule is O=C(NCCn1ncc2c1CCCC2)Nc1cccs1. The summed E-state index contributed by atoms with van der Waals surface area (Å²) in [7, 11) is 0. The van der Waals surface area contributed by atoms with Gasteiger partial charge in [-0.1, -0.05) is 0 Å². The molecule has 0 aromatic carbocycles. The van der Waals surface area contributed by atoms with E-state index in [2.05, 4.69) is 15.7 Å². The molecule has 0 spiro atoms. The van der Waals surface area contributed by atoms with Gasteiger partial charge in [-0.05, 0) is 48.8 Å². The summed E-state index contributed by atoms with van der Waals surface area (Å²) in [6, 6.07) is 3.64. The molecule has 2 aromatic heterocycles. The quantitative estimate of drug-likeness (QED) is 0.909. The molecule has 106 valence electrons. The third-order valence-electron chi connectivity index (χ3n) is 3.51. The summed E-state index contributed by atoms with van der Waals surface area (Å²) in [5, 5.41) is 12.9. The van der Waals surface area contributed by atoms with Crippen LogP contribution in [-0.2, 0) is 19.4 Å². The van der Waals surface area contributed by atoms with Gasteiger partial charge in [0.2, 0.25) is 0 Å². The fraction of sp³-hybridized carbons (Fsp3) is 0.429.